The first kappa shape index (κ1) is 12.3. The molecular formula is C12H13BrFN3. The number of benzene rings is 1. The van der Waals surface area contributed by atoms with Crippen LogP contribution < -0.4 is 10.2 Å². The molecule has 1 aromatic carbocycles. The van der Waals surface area contributed by atoms with Gasteiger partial charge in [0.25, 0.3) is 0 Å². The number of nitrogens with one attached hydrogen (secondary N) is 1. The Kier molecular flexibility index (Phi) is 3.65. The Balaban J connectivity index is 2.33. The molecule has 0 spiro atoms. The van der Waals surface area contributed by atoms with Gasteiger partial charge in [-0.3, -0.25) is 0 Å². The second-order valence-electron chi connectivity index (χ2n) is 4.13. The molecule has 0 aliphatic carbocycles. The van der Waals surface area contributed by atoms with E-state index in [0.29, 0.717) is 17.3 Å². The molecule has 1 aromatic rings. The molecule has 17 heavy (non-hydrogen) atoms. The molecule has 1 saturated heterocycles. The summed E-state index contributed by atoms with van der Waals surface area (Å²) in [5.41, 5.74) is 0.855. The van der Waals surface area contributed by atoms with Gasteiger partial charge in [0.1, 0.15) is 6.07 Å². The average Bonchev–Trinajstić information content (AvgIpc) is 2.85. The zero-order valence-corrected chi connectivity index (χ0v) is 11.1. The van der Waals surface area contributed by atoms with Crippen molar-refractivity contribution in [2.75, 3.05) is 25.0 Å². The number of nitriles is 1. The summed E-state index contributed by atoms with van der Waals surface area (Å²) in [6.07, 6.45) is 1.01. The van der Waals surface area contributed by atoms with E-state index in [1.807, 2.05) is 18.0 Å². The third-order valence-electron chi connectivity index (χ3n) is 3.14. The molecule has 1 N–H and O–H groups in total. The minimum atomic E-state index is -0.363. The summed E-state index contributed by atoms with van der Waals surface area (Å²) in [5.74, 6) is -0.363. The molecule has 1 heterocycles. The number of rotatable bonds is 2. The van der Waals surface area contributed by atoms with E-state index in [9.17, 15) is 4.39 Å². The predicted octanol–water partition coefficient (Wildman–Crippen LogP) is 2.26. The van der Waals surface area contributed by atoms with E-state index in [-0.39, 0.29) is 10.3 Å². The zero-order valence-electron chi connectivity index (χ0n) is 9.50. The molecule has 1 atom stereocenters. The highest BCUT2D eigenvalue weighted by Crippen LogP contribution is 2.30. The van der Waals surface area contributed by atoms with Gasteiger partial charge in [-0.2, -0.15) is 5.26 Å². The lowest BCUT2D eigenvalue weighted by atomic mass is 10.1. The Morgan fingerprint density at radius 1 is 1.59 bits per heavy atom. The molecule has 0 saturated carbocycles. The number of hydrogen-bond donors (Lipinski definition) is 1. The summed E-state index contributed by atoms with van der Waals surface area (Å²) in [4.78, 5) is 1.93. The van der Waals surface area contributed by atoms with E-state index in [1.54, 1.807) is 12.1 Å². The van der Waals surface area contributed by atoms with Crippen molar-refractivity contribution >= 4 is 21.6 Å². The van der Waals surface area contributed by atoms with Gasteiger partial charge < -0.3 is 10.2 Å². The Labute approximate surface area is 108 Å². The number of halogens is 2. The van der Waals surface area contributed by atoms with Crippen LogP contribution in [0.2, 0.25) is 0 Å². The minimum absolute atomic E-state index is 0.246. The fourth-order valence-corrected chi connectivity index (χ4v) is 2.49. The molecule has 0 aromatic heterocycles. The van der Waals surface area contributed by atoms with E-state index >= 15 is 0 Å². The maximum Gasteiger partial charge on any atom is 0.161 e. The fraction of sp³-hybridized carbons (Fsp3) is 0.417. The van der Waals surface area contributed by atoms with E-state index in [1.165, 1.54) is 0 Å². The maximum absolute atomic E-state index is 14.1. The van der Waals surface area contributed by atoms with Gasteiger partial charge >= 0.3 is 0 Å². The molecular weight excluding hydrogens is 285 g/mol. The van der Waals surface area contributed by atoms with Gasteiger partial charge in [-0.1, -0.05) is 0 Å². The summed E-state index contributed by atoms with van der Waals surface area (Å²) in [6, 6.07) is 5.57. The Morgan fingerprint density at radius 3 is 2.94 bits per heavy atom. The predicted molar refractivity (Wildman–Crippen MR) is 68.5 cm³/mol. The first-order valence-corrected chi connectivity index (χ1v) is 6.26. The largest absolute Gasteiger partial charge is 0.368 e. The third-order valence-corrected chi connectivity index (χ3v) is 3.92. The second-order valence-corrected chi connectivity index (χ2v) is 4.92. The summed E-state index contributed by atoms with van der Waals surface area (Å²) in [5, 5.41) is 12.1. The van der Waals surface area contributed by atoms with E-state index in [2.05, 4.69) is 21.2 Å². The van der Waals surface area contributed by atoms with Crippen LogP contribution in [0.4, 0.5) is 10.1 Å². The average molecular weight is 298 g/mol. The summed E-state index contributed by atoms with van der Waals surface area (Å²) < 4.78 is 14.3. The van der Waals surface area contributed by atoms with E-state index in [4.69, 9.17) is 5.26 Å². The molecule has 0 bridgehead atoms. The molecule has 1 unspecified atom stereocenters. The second kappa shape index (κ2) is 5.03. The van der Waals surface area contributed by atoms with Crippen LogP contribution in [0.5, 0.6) is 0 Å². The van der Waals surface area contributed by atoms with Crippen molar-refractivity contribution in [2.45, 2.75) is 12.5 Å². The van der Waals surface area contributed by atoms with Crippen LogP contribution in [0.25, 0.3) is 0 Å². The van der Waals surface area contributed by atoms with Crippen LogP contribution in [0.15, 0.2) is 16.6 Å². The van der Waals surface area contributed by atoms with Crippen molar-refractivity contribution in [3.63, 3.8) is 0 Å². The van der Waals surface area contributed by atoms with Crippen LogP contribution in [0.1, 0.15) is 12.0 Å². The highest BCUT2D eigenvalue weighted by Gasteiger charge is 2.23. The van der Waals surface area contributed by atoms with Crippen molar-refractivity contribution in [1.29, 1.82) is 5.26 Å². The Hall–Kier alpha value is -1.12. The topological polar surface area (TPSA) is 39.1 Å². The van der Waals surface area contributed by atoms with Gasteiger partial charge in [-0.25, -0.2) is 4.39 Å². The molecule has 1 fully saturated rings. The molecule has 2 rings (SSSR count). The quantitative estimate of drug-likeness (QED) is 0.910. The van der Waals surface area contributed by atoms with Gasteiger partial charge in [-0.15, -0.1) is 0 Å². The van der Waals surface area contributed by atoms with Gasteiger partial charge in [0.2, 0.25) is 0 Å². The van der Waals surface area contributed by atoms with Gasteiger partial charge in [0, 0.05) is 19.6 Å². The molecule has 90 valence electrons. The number of likely N-dealkylation sites (N-methyl/N-ethyl adjacent to an activating group) is 1. The highest BCUT2D eigenvalue weighted by atomic mass is 79.9. The maximum atomic E-state index is 14.1. The minimum Gasteiger partial charge on any atom is -0.368 e. The third kappa shape index (κ3) is 2.28. The van der Waals surface area contributed by atoms with Crippen LogP contribution in [0, 0.1) is 17.1 Å². The normalized spacial score (nSPS) is 19.1. The molecule has 0 radical (unpaired) electrons. The number of nitrogens with zero attached hydrogens (tertiary/aromatic N) is 2. The lowest BCUT2D eigenvalue weighted by Gasteiger charge is -2.26. The van der Waals surface area contributed by atoms with Crippen LogP contribution >= 0.6 is 15.9 Å². The van der Waals surface area contributed by atoms with Crippen molar-refractivity contribution < 1.29 is 4.39 Å². The van der Waals surface area contributed by atoms with Crippen LogP contribution in [-0.2, 0) is 0 Å². The van der Waals surface area contributed by atoms with Crippen molar-refractivity contribution in [3.05, 3.63) is 28.0 Å². The summed E-state index contributed by atoms with van der Waals surface area (Å²) in [7, 11) is 1.88. The van der Waals surface area contributed by atoms with Crippen LogP contribution in [0.3, 0.4) is 0 Å². The lowest BCUT2D eigenvalue weighted by Crippen LogP contribution is -2.34. The molecule has 0 amide bonds. The Bertz CT molecular complexity index is 464. The number of hydrogen-bond acceptors (Lipinski definition) is 3. The molecule has 3 nitrogen and oxygen atoms in total. The molecule has 1 aliphatic heterocycles. The smallest absolute Gasteiger partial charge is 0.161 e. The fourth-order valence-electron chi connectivity index (χ4n) is 2.06. The monoisotopic (exact) mass is 297 g/mol. The highest BCUT2D eigenvalue weighted by molar-refractivity contribution is 9.10. The van der Waals surface area contributed by atoms with Crippen molar-refractivity contribution in [2.24, 2.45) is 0 Å². The first-order valence-electron chi connectivity index (χ1n) is 5.46. The standard InChI is InChI=1S/C12H13BrFN3/c1-17(9-4-5-16-7-9)10-3-2-8(6-15)11(13)12(10)14/h2-3,9,16H,4-5,7H2,1H3. The van der Waals surface area contributed by atoms with Crippen molar-refractivity contribution in [1.82, 2.24) is 5.32 Å². The van der Waals surface area contributed by atoms with Crippen molar-refractivity contribution in [3.8, 4) is 6.07 Å². The van der Waals surface area contributed by atoms with Gasteiger partial charge in [0.15, 0.2) is 5.82 Å². The first-order chi connectivity index (χ1) is 8.15. The zero-order chi connectivity index (χ0) is 12.4. The van der Waals surface area contributed by atoms with E-state index in [0.717, 1.165) is 19.5 Å². The summed E-state index contributed by atoms with van der Waals surface area (Å²) >= 11 is 3.13. The molecule has 1 aliphatic rings. The Morgan fingerprint density at radius 2 is 2.35 bits per heavy atom. The van der Waals surface area contributed by atoms with Gasteiger partial charge in [0.05, 0.1) is 15.7 Å². The summed E-state index contributed by atoms with van der Waals surface area (Å²) in [6.45, 7) is 1.83. The number of anilines is 1. The van der Waals surface area contributed by atoms with Gasteiger partial charge in [-0.05, 0) is 41.0 Å². The van der Waals surface area contributed by atoms with E-state index < -0.39 is 0 Å². The molecule has 5 heteroatoms. The SMILES string of the molecule is CN(c1ccc(C#N)c(Br)c1F)C1CCNC1. The lowest BCUT2D eigenvalue weighted by molar-refractivity contribution is 0.599. The van der Waals surface area contributed by atoms with Crippen LogP contribution in [-0.4, -0.2) is 26.2 Å².